The van der Waals surface area contributed by atoms with Crippen LogP contribution in [0.3, 0.4) is 0 Å². The number of urea groups is 1. The number of hydrogen-bond donors (Lipinski definition) is 1. The molecule has 0 aromatic heterocycles. The zero-order valence-corrected chi connectivity index (χ0v) is 15.1. The average Bonchev–Trinajstić information content (AvgIpc) is 3.28. The van der Waals surface area contributed by atoms with Crippen molar-refractivity contribution in [2.24, 2.45) is 4.99 Å². The van der Waals surface area contributed by atoms with Crippen LogP contribution in [0.25, 0.3) is 0 Å². The summed E-state index contributed by atoms with van der Waals surface area (Å²) in [5.41, 5.74) is 1.29. The number of carbonyl (C=O) groups is 2. The number of likely N-dealkylation sites (tertiary alicyclic amines) is 1. The van der Waals surface area contributed by atoms with Crippen LogP contribution in [0.2, 0.25) is 0 Å². The summed E-state index contributed by atoms with van der Waals surface area (Å²) >= 11 is 0. The minimum Gasteiger partial charge on any atom is -0.343 e. The lowest BCUT2D eigenvalue weighted by Crippen LogP contribution is -2.64. The van der Waals surface area contributed by atoms with Crippen molar-refractivity contribution in [2.75, 3.05) is 26.7 Å². The van der Waals surface area contributed by atoms with Gasteiger partial charge in [0.1, 0.15) is 0 Å². The van der Waals surface area contributed by atoms with Gasteiger partial charge in [-0.3, -0.25) is 10.1 Å². The summed E-state index contributed by atoms with van der Waals surface area (Å²) in [6, 6.07) is 9.58. The second-order valence-electron chi connectivity index (χ2n) is 7.17. The van der Waals surface area contributed by atoms with Gasteiger partial charge in [-0.25, -0.2) is 9.79 Å². The topological polar surface area (TPSA) is 68.2 Å². The lowest BCUT2D eigenvalue weighted by atomic mass is 10.1. The highest BCUT2D eigenvalue weighted by molar-refractivity contribution is 6.03. The van der Waals surface area contributed by atoms with Crippen LogP contribution in [0.4, 0.5) is 4.79 Å². The summed E-state index contributed by atoms with van der Waals surface area (Å²) in [4.78, 5) is 35.2. The molecule has 1 N–H and O–H groups in total. The number of likely N-dealkylation sites (N-methyl/N-ethyl adjacent to an activating group) is 1. The summed E-state index contributed by atoms with van der Waals surface area (Å²) in [6.45, 7) is 2.68. The predicted molar refractivity (Wildman–Crippen MR) is 98.6 cm³/mol. The molecule has 2 fully saturated rings. The first-order valence-electron chi connectivity index (χ1n) is 9.36. The quantitative estimate of drug-likeness (QED) is 0.883. The third kappa shape index (κ3) is 3.02. The van der Waals surface area contributed by atoms with Gasteiger partial charge < -0.3 is 14.7 Å². The van der Waals surface area contributed by atoms with E-state index in [2.05, 4.69) is 27.2 Å². The minimum atomic E-state index is -0.427. The number of benzene rings is 1. The standard InChI is InChI=1S/C19H25N5O2/c1-22-16-15(17(25)21-19(22)26)24(18(20-16)23-11-5-6-12-23)13-7-10-14-8-3-2-4-9-14/h2-4,8-9,15-16H,5-7,10-13H2,1H3,(H,21,25,26). The number of guanidine groups is 1. The molecule has 3 aliphatic heterocycles. The lowest BCUT2D eigenvalue weighted by molar-refractivity contribution is -0.127. The van der Waals surface area contributed by atoms with E-state index < -0.39 is 12.2 Å². The fraction of sp³-hybridized carbons (Fsp3) is 0.526. The Morgan fingerprint density at radius 1 is 1.15 bits per heavy atom. The lowest BCUT2D eigenvalue weighted by Gasteiger charge is -2.37. The average molecular weight is 355 g/mol. The Balaban J connectivity index is 1.52. The van der Waals surface area contributed by atoms with Gasteiger partial charge in [-0.1, -0.05) is 30.3 Å². The minimum absolute atomic E-state index is 0.240. The van der Waals surface area contributed by atoms with Crippen molar-refractivity contribution in [1.82, 2.24) is 20.0 Å². The number of aryl methyl sites for hydroxylation is 1. The van der Waals surface area contributed by atoms with E-state index in [0.29, 0.717) is 0 Å². The Morgan fingerprint density at radius 2 is 1.88 bits per heavy atom. The van der Waals surface area contributed by atoms with Crippen molar-refractivity contribution >= 4 is 17.9 Å². The number of imide groups is 1. The van der Waals surface area contributed by atoms with Gasteiger partial charge in [0.15, 0.2) is 18.2 Å². The number of amides is 3. The van der Waals surface area contributed by atoms with E-state index in [1.165, 1.54) is 5.56 Å². The monoisotopic (exact) mass is 355 g/mol. The molecule has 4 rings (SSSR count). The molecule has 0 aliphatic carbocycles. The van der Waals surface area contributed by atoms with Crippen LogP contribution in [0, 0.1) is 0 Å². The molecule has 7 nitrogen and oxygen atoms in total. The molecule has 0 saturated carbocycles. The van der Waals surface area contributed by atoms with Gasteiger partial charge in [0.25, 0.3) is 5.91 Å². The summed E-state index contributed by atoms with van der Waals surface area (Å²) in [5.74, 6) is 0.637. The number of nitrogens with zero attached hydrogens (tertiary/aromatic N) is 4. The first-order chi connectivity index (χ1) is 12.6. The zero-order chi connectivity index (χ0) is 18.1. The van der Waals surface area contributed by atoms with E-state index in [0.717, 1.165) is 51.3 Å². The Bertz CT molecular complexity index is 714. The van der Waals surface area contributed by atoms with E-state index >= 15 is 0 Å². The summed E-state index contributed by atoms with van der Waals surface area (Å²) in [7, 11) is 1.71. The fourth-order valence-corrected chi connectivity index (χ4v) is 4.03. The van der Waals surface area contributed by atoms with Gasteiger partial charge >= 0.3 is 6.03 Å². The highest BCUT2D eigenvalue weighted by atomic mass is 16.2. The molecule has 1 aromatic rings. The fourth-order valence-electron chi connectivity index (χ4n) is 4.03. The highest BCUT2D eigenvalue weighted by Gasteiger charge is 2.49. The van der Waals surface area contributed by atoms with Crippen molar-refractivity contribution in [1.29, 1.82) is 0 Å². The number of carbonyl (C=O) groups excluding carboxylic acids is 2. The second-order valence-corrected chi connectivity index (χ2v) is 7.17. The Hall–Kier alpha value is -2.57. The van der Waals surface area contributed by atoms with Crippen LogP contribution in [0.5, 0.6) is 0 Å². The third-order valence-corrected chi connectivity index (χ3v) is 5.43. The van der Waals surface area contributed by atoms with E-state index in [4.69, 9.17) is 4.99 Å². The Kier molecular flexibility index (Phi) is 4.53. The summed E-state index contributed by atoms with van der Waals surface area (Å²) < 4.78 is 0. The van der Waals surface area contributed by atoms with E-state index in [1.54, 1.807) is 11.9 Å². The molecular weight excluding hydrogens is 330 g/mol. The molecule has 138 valence electrons. The smallest absolute Gasteiger partial charge is 0.325 e. The number of rotatable bonds is 4. The van der Waals surface area contributed by atoms with Crippen LogP contribution in [0.15, 0.2) is 35.3 Å². The first kappa shape index (κ1) is 16.9. The first-order valence-corrected chi connectivity index (χ1v) is 9.36. The van der Waals surface area contributed by atoms with Gasteiger partial charge in [0, 0.05) is 26.7 Å². The highest BCUT2D eigenvalue weighted by Crippen LogP contribution is 2.27. The largest absolute Gasteiger partial charge is 0.343 e. The van der Waals surface area contributed by atoms with E-state index in [9.17, 15) is 9.59 Å². The molecule has 3 heterocycles. The van der Waals surface area contributed by atoms with Gasteiger partial charge in [-0.2, -0.15) is 0 Å². The van der Waals surface area contributed by atoms with E-state index in [-0.39, 0.29) is 11.9 Å². The van der Waals surface area contributed by atoms with Crippen LogP contribution in [0.1, 0.15) is 24.8 Å². The molecular formula is C19H25N5O2. The van der Waals surface area contributed by atoms with Crippen molar-refractivity contribution in [3.63, 3.8) is 0 Å². The third-order valence-electron chi connectivity index (χ3n) is 5.43. The normalized spacial score (nSPS) is 25.4. The van der Waals surface area contributed by atoms with Gasteiger partial charge in [0.05, 0.1) is 0 Å². The molecule has 2 atom stereocenters. The SMILES string of the molecule is CN1C(=O)NC(=O)C2C1N=C(N1CCCC1)N2CCCc1ccccc1. The maximum Gasteiger partial charge on any atom is 0.325 e. The number of fused-ring (bicyclic) bond motifs is 1. The van der Waals surface area contributed by atoms with Crippen molar-refractivity contribution in [2.45, 2.75) is 37.9 Å². The van der Waals surface area contributed by atoms with Crippen LogP contribution < -0.4 is 5.32 Å². The number of hydrogen-bond acceptors (Lipinski definition) is 5. The summed E-state index contributed by atoms with van der Waals surface area (Å²) in [5, 5.41) is 2.46. The maximum atomic E-state index is 12.5. The molecule has 26 heavy (non-hydrogen) atoms. The maximum absolute atomic E-state index is 12.5. The molecule has 2 unspecified atom stereocenters. The molecule has 3 aliphatic rings. The van der Waals surface area contributed by atoms with Gasteiger partial charge in [0.2, 0.25) is 0 Å². The molecule has 2 saturated heterocycles. The molecule has 0 bridgehead atoms. The van der Waals surface area contributed by atoms with Gasteiger partial charge in [-0.05, 0) is 31.2 Å². The molecule has 0 radical (unpaired) electrons. The van der Waals surface area contributed by atoms with Gasteiger partial charge in [-0.15, -0.1) is 0 Å². The van der Waals surface area contributed by atoms with Crippen LogP contribution in [-0.2, 0) is 11.2 Å². The van der Waals surface area contributed by atoms with Crippen LogP contribution >= 0.6 is 0 Å². The number of nitrogens with one attached hydrogen (secondary N) is 1. The zero-order valence-electron chi connectivity index (χ0n) is 15.1. The van der Waals surface area contributed by atoms with Crippen molar-refractivity contribution < 1.29 is 9.59 Å². The molecule has 1 aromatic carbocycles. The Labute approximate surface area is 153 Å². The molecule has 0 spiro atoms. The second kappa shape index (κ2) is 6.97. The molecule has 7 heteroatoms. The molecule has 3 amide bonds. The van der Waals surface area contributed by atoms with E-state index in [1.807, 2.05) is 18.2 Å². The van der Waals surface area contributed by atoms with Crippen molar-refractivity contribution in [3.05, 3.63) is 35.9 Å². The van der Waals surface area contributed by atoms with Crippen LogP contribution in [-0.4, -0.2) is 71.5 Å². The Morgan fingerprint density at radius 3 is 2.62 bits per heavy atom. The number of aliphatic imine (C=N–C) groups is 1. The van der Waals surface area contributed by atoms with Crippen molar-refractivity contribution in [3.8, 4) is 0 Å². The summed E-state index contributed by atoms with van der Waals surface area (Å²) in [6.07, 6.45) is 3.76. The predicted octanol–water partition coefficient (Wildman–Crippen LogP) is 1.26.